The molecule has 0 saturated heterocycles. The largest absolute Gasteiger partial charge is 0.493 e. The maximum Gasteiger partial charge on any atom is 0.421 e. The molecule has 0 amide bonds. The van der Waals surface area contributed by atoms with Gasteiger partial charge in [0.15, 0.2) is 0 Å². The van der Waals surface area contributed by atoms with Crippen LogP contribution in [0.5, 0.6) is 5.75 Å². The Morgan fingerprint density at radius 3 is 2.37 bits per heavy atom. The number of anilines is 4. The molecule has 0 aliphatic rings. The highest BCUT2D eigenvalue weighted by molar-refractivity contribution is 5.63. The fourth-order valence-corrected chi connectivity index (χ4v) is 2.63. The van der Waals surface area contributed by atoms with Crippen LogP contribution in [0, 0.1) is 12.8 Å². The smallest absolute Gasteiger partial charge is 0.421 e. The summed E-state index contributed by atoms with van der Waals surface area (Å²) < 4.78 is 45.9. The molecule has 0 aliphatic heterocycles. The van der Waals surface area contributed by atoms with Crippen molar-refractivity contribution in [1.29, 1.82) is 0 Å². The molecule has 1 aromatic heterocycles. The molecule has 0 aliphatic carbocycles. The zero-order chi connectivity index (χ0) is 21.7. The zero-order valence-electron chi connectivity index (χ0n) is 16.9. The second-order valence-corrected chi connectivity index (χ2v) is 7.30. The van der Waals surface area contributed by atoms with Gasteiger partial charge in [0.2, 0.25) is 5.95 Å². The van der Waals surface area contributed by atoms with Crippen molar-refractivity contribution in [2.75, 3.05) is 17.2 Å². The van der Waals surface area contributed by atoms with Crippen LogP contribution in [0.4, 0.5) is 36.3 Å². The number of alkyl halides is 3. The van der Waals surface area contributed by atoms with Crippen molar-refractivity contribution < 1.29 is 17.9 Å². The van der Waals surface area contributed by atoms with Crippen molar-refractivity contribution in [3.63, 3.8) is 0 Å². The first-order valence-electron chi connectivity index (χ1n) is 9.48. The van der Waals surface area contributed by atoms with Gasteiger partial charge in [-0.25, -0.2) is 4.98 Å². The van der Waals surface area contributed by atoms with Crippen molar-refractivity contribution >= 4 is 23.1 Å². The molecule has 158 valence electrons. The van der Waals surface area contributed by atoms with Gasteiger partial charge in [-0.3, -0.25) is 0 Å². The zero-order valence-corrected chi connectivity index (χ0v) is 16.9. The van der Waals surface area contributed by atoms with Crippen LogP contribution in [-0.2, 0) is 6.18 Å². The van der Waals surface area contributed by atoms with E-state index in [9.17, 15) is 13.2 Å². The van der Waals surface area contributed by atoms with E-state index in [-0.39, 0.29) is 11.8 Å². The first kappa shape index (κ1) is 21.4. The number of aromatic nitrogens is 2. The number of hydrogen-bond acceptors (Lipinski definition) is 5. The van der Waals surface area contributed by atoms with Crippen molar-refractivity contribution in [2.45, 2.75) is 26.9 Å². The molecule has 0 radical (unpaired) electrons. The van der Waals surface area contributed by atoms with Crippen molar-refractivity contribution in [3.05, 3.63) is 65.9 Å². The van der Waals surface area contributed by atoms with E-state index in [0.29, 0.717) is 29.6 Å². The molecule has 0 unspecified atom stereocenters. The maximum atomic E-state index is 13.4. The van der Waals surface area contributed by atoms with Crippen LogP contribution >= 0.6 is 0 Å². The SMILES string of the molecule is Cc1cccc(Nc2ncc(C(F)(F)F)c(Nc3ccc(OCC(C)C)cc3)n2)c1. The summed E-state index contributed by atoms with van der Waals surface area (Å²) in [7, 11) is 0. The molecule has 0 fully saturated rings. The Hall–Kier alpha value is -3.29. The molecule has 30 heavy (non-hydrogen) atoms. The molecule has 0 spiro atoms. The van der Waals surface area contributed by atoms with Crippen LogP contribution in [0.25, 0.3) is 0 Å². The summed E-state index contributed by atoms with van der Waals surface area (Å²) in [6.07, 6.45) is -3.82. The lowest BCUT2D eigenvalue weighted by atomic mass is 10.2. The number of rotatable bonds is 7. The number of ether oxygens (including phenoxy) is 1. The van der Waals surface area contributed by atoms with Gasteiger partial charge in [-0.15, -0.1) is 0 Å². The van der Waals surface area contributed by atoms with Crippen LogP contribution in [0.15, 0.2) is 54.7 Å². The predicted molar refractivity (Wildman–Crippen MR) is 112 cm³/mol. The quantitative estimate of drug-likeness (QED) is 0.472. The molecule has 3 aromatic rings. The normalized spacial score (nSPS) is 11.4. The number of nitrogens with zero attached hydrogens (tertiary/aromatic N) is 2. The Bertz CT molecular complexity index is 988. The van der Waals surface area contributed by atoms with E-state index in [0.717, 1.165) is 11.8 Å². The van der Waals surface area contributed by atoms with Gasteiger partial charge in [-0.1, -0.05) is 26.0 Å². The van der Waals surface area contributed by atoms with E-state index in [2.05, 4.69) is 20.6 Å². The third kappa shape index (κ3) is 5.85. The number of halogens is 3. The number of nitrogens with one attached hydrogen (secondary N) is 2. The average molecular weight is 416 g/mol. The van der Waals surface area contributed by atoms with Gasteiger partial charge in [0.25, 0.3) is 0 Å². The number of aryl methyl sites for hydroxylation is 1. The Kier molecular flexibility index (Phi) is 6.44. The molecule has 2 N–H and O–H groups in total. The van der Waals surface area contributed by atoms with E-state index in [1.54, 1.807) is 30.3 Å². The standard InChI is InChI=1S/C22H23F3N4O/c1-14(2)13-30-18-9-7-16(8-10-18)27-20-19(22(23,24)25)12-26-21(29-20)28-17-6-4-5-15(3)11-17/h4-12,14H,13H2,1-3H3,(H2,26,27,28,29). The van der Waals surface area contributed by atoms with E-state index >= 15 is 0 Å². The van der Waals surface area contributed by atoms with E-state index in [1.807, 2.05) is 39.0 Å². The Balaban J connectivity index is 1.84. The third-order valence-corrected chi connectivity index (χ3v) is 4.07. The summed E-state index contributed by atoms with van der Waals surface area (Å²) in [5, 5.41) is 5.68. The molecular weight excluding hydrogens is 393 g/mol. The monoisotopic (exact) mass is 416 g/mol. The second-order valence-electron chi connectivity index (χ2n) is 7.30. The summed E-state index contributed by atoms with van der Waals surface area (Å²) in [6, 6.07) is 14.1. The minimum absolute atomic E-state index is 0.0630. The lowest BCUT2D eigenvalue weighted by Gasteiger charge is -2.15. The van der Waals surface area contributed by atoms with Crippen molar-refractivity contribution in [1.82, 2.24) is 9.97 Å². The van der Waals surface area contributed by atoms with Crippen LogP contribution in [-0.4, -0.2) is 16.6 Å². The Labute approximate surface area is 173 Å². The lowest BCUT2D eigenvalue weighted by Crippen LogP contribution is -2.12. The first-order chi connectivity index (χ1) is 14.2. The highest BCUT2D eigenvalue weighted by Gasteiger charge is 2.35. The molecule has 0 bridgehead atoms. The molecule has 3 rings (SSSR count). The fraction of sp³-hybridized carbons (Fsp3) is 0.273. The van der Waals surface area contributed by atoms with Gasteiger partial charge < -0.3 is 15.4 Å². The highest BCUT2D eigenvalue weighted by Crippen LogP contribution is 2.35. The minimum atomic E-state index is -4.59. The van der Waals surface area contributed by atoms with Crippen molar-refractivity contribution in [2.24, 2.45) is 5.92 Å². The number of hydrogen-bond donors (Lipinski definition) is 2. The summed E-state index contributed by atoms with van der Waals surface area (Å²) in [5.41, 5.74) is 1.20. The third-order valence-electron chi connectivity index (χ3n) is 4.07. The van der Waals surface area contributed by atoms with Crippen LogP contribution in [0.2, 0.25) is 0 Å². The summed E-state index contributed by atoms with van der Waals surface area (Å²) in [6.45, 7) is 6.55. The number of benzene rings is 2. The minimum Gasteiger partial charge on any atom is -0.493 e. The first-order valence-corrected chi connectivity index (χ1v) is 9.48. The Morgan fingerprint density at radius 2 is 1.73 bits per heavy atom. The fourth-order valence-electron chi connectivity index (χ4n) is 2.63. The molecule has 0 saturated carbocycles. The van der Waals surface area contributed by atoms with Gasteiger partial charge in [-0.2, -0.15) is 18.2 Å². The van der Waals surface area contributed by atoms with Gasteiger partial charge in [0, 0.05) is 17.6 Å². The lowest BCUT2D eigenvalue weighted by molar-refractivity contribution is -0.137. The molecule has 2 aromatic carbocycles. The van der Waals surface area contributed by atoms with Gasteiger partial charge in [0.05, 0.1) is 6.61 Å². The molecule has 1 heterocycles. The molecule has 8 heteroatoms. The average Bonchev–Trinajstić information content (AvgIpc) is 2.67. The van der Waals surface area contributed by atoms with E-state index < -0.39 is 11.7 Å². The maximum absolute atomic E-state index is 13.4. The predicted octanol–water partition coefficient (Wildman–Crippen LogP) is 6.33. The second kappa shape index (κ2) is 9.02. The van der Waals surface area contributed by atoms with E-state index in [4.69, 9.17) is 4.74 Å². The topological polar surface area (TPSA) is 59.1 Å². The highest BCUT2D eigenvalue weighted by atomic mass is 19.4. The Morgan fingerprint density at radius 1 is 1.00 bits per heavy atom. The molecule has 5 nitrogen and oxygen atoms in total. The summed E-state index contributed by atoms with van der Waals surface area (Å²) in [4.78, 5) is 7.88. The van der Waals surface area contributed by atoms with E-state index in [1.165, 1.54) is 0 Å². The summed E-state index contributed by atoms with van der Waals surface area (Å²) in [5.74, 6) is 0.753. The summed E-state index contributed by atoms with van der Waals surface area (Å²) >= 11 is 0. The molecule has 0 atom stereocenters. The van der Waals surface area contributed by atoms with Gasteiger partial charge in [-0.05, 0) is 54.8 Å². The van der Waals surface area contributed by atoms with Crippen molar-refractivity contribution in [3.8, 4) is 5.75 Å². The van der Waals surface area contributed by atoms with Crippen LogP contribution in [0.3, 0.4) is 0 Å². The van der Waals surface area contributed by atoms with Crippen LogP contribution in [0.1, 0.15) is 25.0 Å². The molecular formula is C22H23F3N4O. The van der Waals surface area contributed by atoms with Crippen LogP contribution < -0.4 is 15.4 Å². The van der Waals surface area contributed by atoms with Gasteiger partial charge in [0.1, 0.15) is 17.1 Å². The van der Waals surface area contributed by atoms with Gasteiger partial charge >= 0.3 is 6.18 Å².